The predicted molar refractivity (Wildman–Crippen MR) is 73.4 cm³/mol. The van der Waals surface area contributed by atoms with Crippen molar-refractivity contribution in [2.75, 3.05) is 26.3 Å². The summed E-state index contributed by atoms with van der Waals surface area (Å²) < 4.78 is 5.13. The third kappa shape index (κ3) is 2.65. The van der Waals surface area contributed by atoms with E-state index >= 15 is 0 Å². The fourth-order valence-corrected chi connectivity index (χ4v) is 2.70. The molecule has 1 aromatic rings. The summed E-state index contributed by atoms with van der Waals surface area (Å²) in [6, 6.07) is 6.95. The molecule has 19 heavy (non-hydrogen) atoms. The number of benzene rings is 1. The zero-order valence-electron chi connectivity index (χ0n) is 11.5. The molecule has 2 saturated heterocycles. The lowest BCUT2D eigenvalue weighted by Crippen LogP contribution is -2.64. The van der Waals surface area contributed by atoms with E-state index in [0.29, 0.717) is 12.1 Å². The lowest BCUT2D eigenvalue weighted by molar-refractivity contribution is -0.0209. The molecule has 1 amide bonds. The molecule has 2 heterocycles. The molecule has 4 nitrogen and oxygen atoms in total. The SMILES string of the molecule is Cc1cc(C)cc(C(=O)N2CC(NC3COC3)C2)c1. The van der Waals surface area contributed by atoms with Gasteiger partial charge in [-0.1, -0.05) is 17.2 Å². The molecule has 2 aliphatic rings. The van der Waals surface area contributed by atoms with Crippen LogP contribution in [0.25, 0.3) is 0 Å². The van der Waals surface area contributed by atoms with Crippen molar-refractivity contribution in [1.82, 2.24) is 10.2 Å². The third-order valence-electron chi connectivity index (χ3n) is 3.75. The molecule has 0 spiro atoms. The summed E-state index contributed by atoms with van der Waals surface area (Å²) in [7, 11) is 0. The predicted octanol–water partition coefficient (Wildman–Crippen LogP) is 1.12. The highest BCUT2D eigenvalue weighted by molar-refractivity contribution is 5.95. The number of ether oxygens (including phenoxy) is 1. The number of nitrogens with zero attached hydrogens (tertiary/aromatic N) is 1. The van der Waals surface area contributed by atoms with Gasteiger partial charge in [-0.15, -0.1) is 0 Å². The lowest BCUT2D eigenvalue weighted by atomic mass is 10.0. The normalized spacial score (nSPS) is 20.0. The Hall–Kier alpha value is -1.39. The number of carbonyl (C=O) groups is 1. The van der Waals surface area contributed by atoms with Crippen LogP contribution in [0.4, 0.5) is 0 Å². The van der Waals surface area contributed by atoms with E-state index in [1.54, 1.807) is 0 Å². The van der Waals surface area contributed by atoms with Gasteiger partial charge < -0.3 is 15.0 Å². The Morgan fingerprint density at radius 2 is 1.79 bits per heavy atom. The van der Waals surface area contributed by atoms with Crippen molar-refractivity contribution >= 4 is 5.91 Å². The van der Waals surface area contributed by atoms with E-state index < -0.39 is 0 Å². The largest absolute Gasteiger partial charge is 0.378 e. The topological polar surface area (TPSA) is 41.6 Å². The minimum Gasteiger partial charge on any atom is -0.378 e. The summed E-state index contributed by atoms with van der Waals surface area (Å²) in [6.07, 6.45) is 0. The molecule has 0 atom stereocenters. The summed E-state index contributed by atoms with van der Waals surface area (Å²) in [5, 5.41) is 3.49. The summed E-state index contributed by atoms with van der Waals surface area (Å²) in [5.41, 5.74) is 3.10. The molecule has 0 bridgehead atoms. The van der Waals surface area contributed by atoms with Crippen LogP contribution in [0.3, 0.4) is 0 Å². The summed E-state index contributed by atoms with van der Waals surface area (Å²) in [6.45, 7) is 7.29. The van der Waals surface area contributed by atoms with Crippen molar-refractivity contribution in [1.29, 1.82) is 0 Å². The molecule has 0 radical (unpaired) electrons. The molecule has 2 fully saturated rings. The van der Waals surface area contributed by atoms with Gasteiger partial charge in [-0.2, -0.15) is 0 Å². The number of rotatable bonds is 3. The van der Waals surface area contributed by atoms with Crippen molar-refractivity contribution < 1.29 is 9.53 Å². The first kappa shape index (κ1) is 12.6. The number of carbonyl (C=O) groups excluding carboxylic acids is 1. The summed E-state index contributed by atoms with van der Waals surface area (Å²) in [4.78, 5) is 14.2. The standard InChI is InChI=1S/C15H20N2O2/c1-10-3-11(2)5-12(4-10)15(18)17-6-13(7-17)16-14-8-19-9-14/h3-5,13-14,16H,6-9H2,1-2H3. The van der Waals surface area contributed by atoms with Crippen molar-refractivity contribution in [3.8, 4) is 0 Å². The third-order valence-corrected chi connectivity index (χ3v) is 3.75. The highest BCUT2D eigenvalue weighted by Gasteiger charge is 2.33. The lowest BCUT2D eigenvalue weighted by Gasteiger charge is -2.43. The molecule has 2 aliphatic heterocycles. The highest BCUT2D eigenvalue weighted by atomic mass is 16.5. The van der Waals surface area contributed by atoms with Crippen LogP contribution < -0.4 is 5.32 Å². The van der Waals surface area contributed by atoms with Crippen LogP contribution in [-0.2, 0) is 4.74 Å². The molecule has 0 aliphatic carbocycles. The molecule has 0 unspecified atom stereocenters. The van der Waals surface area contributed by atoms with E-state index in [1.807, 2.05) is 30.9 Å². The van der Waals surface area contributed by atoms with E-state index in [0.717, 1.165) is 43.0 Å². The Morgan fingerprint density at radius 1 is 1.16 bits per heavy atom. The number of likely N-dealkylation sites (tertiary alicyclic amines) is 1. The van der Waals surface area contributed by atoms with Gasteiger partial charge in [0.25, 0.3) is 5.91 Å². The van der Waals surface area contributed by atoms with Gasteiger partial charge in [0.1, 0.15) is 0 Å². The van der Waals surface area contributed by atoms with Crippen LogP contribution >= 0.6 is 0 Å². The number of amides is 1. The van der Waals surface area contributed by atoms with Crippen molar-refractivity contribution in [3.63, 3.8) is 0 Å². The van der Waals surface area contributed by atoms with E-state index in [4.69, 9.17) is 4.74 Å². The monoisotopic (exact) mass is 260 g/mol. The molecule has 0 saturated carbocycles. The van der Waals surface area contributed by atoms with Gasteiger partial charge in [0.05, 0.1) is 19.3 Å². The second-order valence-corrected chi connectivity index (χ2v) is 5.68. The van der Waals surface area contributed by atoms with Gasteiger partial charge in [0.2, 0.25) is 0 Å². The van der Waals surface area contributed by atoms with Crippen LogP contribution in [0.15, 0.2) is 18.2 Å². The zero-order valence-corrected chi connectivity index (χ0v) is 11.5. The van der Waals surface area contributed by atoms with Gasteiger partial charge in [0.15, 0.2) is 0 Å². The van der Waals surface area contributed by atoms with E-state index in [2.05, 4.69) is 11.4 Å². The van der Waals surface area contributed by atoms with Gasteiger partial charge in [-0.25, -0.2) is 0 Å². The molecule has 1 N–H and O–H groups in total. The Bertz CT molecular complexity index is 471. The Morgan fingerprint density at radius 3 is 2.32 bits per heavy atom. The number of hydrogen-bond acceptors (Lipinski definition) is 3. The maximum absolute atomic E-state index is 12.3. The number of hydrogen-bond donors (Lipinski definition) is 1. The maximum Gasteiger partial charge on any atom is 0.253 e. The fraction of sp³-hybridized carbons (Fsp3) is 0.533. The average Bonchev–Trinajstić information content (AvgIpc) is 2.22. The minimum absolute atomic E-state index is 0.148. The van der Waals surface area contributed by atoms with Gasteiger partial charge in [-0.05, 0) is 26.0 Å². The van der Waals surface area contributed by atoms with Gasteiger partial charge in [0, 0.05) is 24.7 Å². The van der Waals surface area contributed by atoms with Crippen molar-refractivity contribution in [2.24, 2.45) is 0 Å². The molecular weight excluding hydrogens is 240 g/mol. The maximum atomic E-state index is 12.3. The Kier molecular flexibility index (Phi) is 3.29. The van der Waals surface area contributed by atoms with Crippen molar-refractivity contribution in [3.05, 3.63) is 34.9 Å². The average molecular weight is 260 g/mol. The number of nitrogens with one attached hydrogen (secondary N) is 1. The first-order chi connectivity index (χ1) is 9.11. The molecular formula is C15H20N2O2. The number of aryl methyl sites for hydroxylation is 2. The molecule has 4 heteroatoms. The van der Waals surface area contributed by atoms with E-state index in [1.165, 1.54) is 0 Å². The fourth-order valence-electron chi connectivity index (χ4n) is 2.70. The first-order valence-corrected chi connectivity index (χ1v) is 6.83. The molecule has 102 valence electrons. The van der Waals surface area contributed by atoms with E-state index in [9.17, 15) is 4.79 Å². The van der Waals surface area contributed by atoms with Crippen LogP contribution in [-0.4, -0.2) is 49.2 Å². The smallest absolute Gasteiger partial charge is 0.253 e. The molecule has 0 aromatic heterocycles. The summed E-state index contributed by atoms with van der Waals surface area (Å²) >= 11 is 0. The van der Waals surface area contributed by atoms with Crippen LogP contribution in [0, 0.1) is 13.8 Å². The van der Waals surface area contributed by atoms with Gasteiger partial charge in [-0.3, -0.25) is 4.79 Å². The molecule has 1 aromatic carbocycles. The van der Waals surface area contributed by atoms with Crippen LogP contribution in [0.1, 0.15) is 21.5 Å². The first-order valence-electron chi connectivity index (χ1n) is 6.83. The zero-order chi connectivity index (χ0) is 13.4. The Labute approximate surface area is 113 Å². The Balaban J connectivity index is 1.56. The molecule has 3 rings (SSSR count). The summed E-state index contributed by atoms with van der Waals surface area (Å²) in [5.74, 6) is 0.148. The second-order valence-electron chi connectivity index (χ2n) is 5.68. The van der Waals surface area contributed by atoms with Crippen molar-refractivity contribution in [2.45, 2.75) is 25.9 Å². The van der Waals surface area contributed by atoms with E-state index in [-0.39, 0.29) is 5.91 Å². The van der Waals surface area contributed by atoms with Crippen LogP contribution in [0.5, 0.6) is 0 Å². The van der Waals surface area contributed by atoms with Crippen LogP contribution in [0.2, 0.25) is 0 Å². The second kappa shape index (κ2) is 4.94. The minimum atomic E-state index is 0.148. The quantitative estimate of drug-likeness (QED) is 0.885. The van der Waals surface area contributed by atoms with Gasteiger partial charge >= 0.3 is 0 Å². The highest BCUT2D eigenvalue weighted by Crippen LogP contribution is 2.17.